The molecule has 31 heavy (non-hydrogen) atoms. The number of thioether (sulfide) groups is 1. The van der Waals surface area contributed by atoms with E-state index in [-0.39, 0.29) is 11.2 Å². The van der Waals surface area contributed by atoms with Gasteiger partial charge in [0.25, 0.3) is 0 Å². The lowest BCUT2D eigenvalue weighted by Crippen LogP contribution is -2.25. The van der Waals surface area contributed by atoms with Gasteiger partial charge >= 0.3 is 0 Å². The van der Waals surface area contributed by atoms with Crippen molar-refractivity contribution in [2.45, 2.75) is 57.6 Å². The Morgan fingerprint density at radius 2 is 1.77 bits per heavy atom. The molecular weight excluding hydrogens is 406 g/mol. The molecule has 3 rings (SSSR count). The van der Waals surface area contributed by atoms with Crippen LogP contribution in [0.2, 0.25) is 0 Å². The highest BCUT2D eigenvalue weighted by molar-refractivity contribution is 8.15. The fourth-order valence-electron chi connectivity index (χ4n) is 3.21. The Morgan fingerprint density at radius 1 is 1.03 bits per heavy atom. The van der Waals surface area contributed by atoms with E-state index in [0.29, 0.717) is 18.2 Å². The van der Waals surface area contributed by atoms with E-state index < -0.39 is 0 Å². The van der Waals surface area contributed by atoms with Crippen LogP contribution in [-0.4, -0.2) is 29.1 Å². The quantitative estimate of drug-likeness (QED) is 0.292. The number of unbranched alkanes of at least 4 members (excludes halogenated alkanes) is 2. The maximum atomic E-state index is 12.3. The van der Waals surface area contributed by atoms with Crippen LogP contribution in [0.5, 0.6) is 5.75 Å². The van der Waals surface area contributed by atoms with Gasteiger partial charge in [-0.05, 0) is 48.9 Å². The predicted octanol–water partition coefficient (Wildman–Crippen LogP) is 5.37. The second kappa shape index (κ2) is 12.3. The maximum Gasteiger partial charge on any atom is 0.239 e. The van der Waals surface area contributed by atoms with Crippen molar-refractivity contribution in [2.24, 2.45) is 10.2 Å². The summed E-state index contributed by atoms with van der Waals surface area (Å²) in [6.07, 6.45) is 7.96. The first-order chi connectivity index (χ1) is 15.2. The summed E-state index contributed by atoms with van der Waals surface area (Å²) in [5.41, 5.74) is 3.39. The number of amidine groups is 1. The number of amides is 1. The Hall–Kier alpha value is -2.60. The molecule has 0 radical (unpaired) electrons. The molecule has 164 valence electrons. The van der Waals surface area contributed by atoms with Crippen molar-refractivity contribution in [3.8, 4) is 5.75 Å². The highest BCUT2D eigenvalue weighted by Gasteiger charge is 2.30. The number of benzene rings is 2. The number of rotatable bonds is 11. The summed E-state index contributed by atoms with van der Waals surface area (Å²) in [7, 11) is 0. The van der Waals surface area contributed by atoms with Gasteiger partial charge in [-0.15, -0.1) is 5.10 Å². The van der Waals surface area contributed by atoms with E-state index in [1.54, 1.807) is 6.21 Å². The number of aryl methyl sites for hydroxylation is 1. The fourth-order valence-corrected chi connectivity index (χ4v) is 4.18. The van der Waals surface area contributed by atoms with E-state index in [1.807, 2.05) is 24.3 Å². The third-order valence-corrected chi connectivity index (χ3v) is 6.13. The number of nitrogens with one attached hydrogen (secondary N) is 1. The number of carbonyl (C=O) groups is 1. The van der Waals surface area contributed by atoms with Crippen molar-refractivity contribution < 1.29 is 9.53 Å². The predicted molar refractivity (Wildman–Crippen MR) is 130 cm³/mol. The maximum absolute atomic E-state index is 12.3. The topological polar surface area (TPSA) is 63.1 Å². The number of hydrogen-bond acceptors (Lipinski definition) is 5. The van der Waals surface area contributed by atoms with Gasteiger partial charge in [0.1, 0.15) is 5.75 Å². The zero-order valence-electron chi connectivity index (χ0n) is 18.3. The molecule has 1 saturated heterocycles. The van der Waals surface area contributed by atoms with Crippen LogP contribution >= 0.6 is 11.8 Å². The summed E-state index contributed by atoms with van der Waals surface area (Å²) < 4.78 is 5.82. The zero-order chi connectivity index (χ0) is 21.9. The number of para-hydroxylation sites is 1. The van der Waals surface area contributed by atoms with Gasteiger partial charge in [0.15, 0.2) is 5.17 Å². The Morgan fingerprint density at radius 3 is 2.55 bits per heavy atom. The van der Waals surface area contributed by atoms with E-state index >= 15 is 0 Å². The van der Waals surface area contributed by atoms with Crippen LogP contribution in [0.3, 0.4) is 0 Å². The first-order valence-electron chi connectivity index (χ1n) is 11.1. The number of carbonyl (C=O) groups excluding carboxylic acids is 1. The van der Waals surface area contributed by atoms with Crippen LogP contribution in [-0.2, 0) is 17.6 Å². The van der Waals surface area contributed by atoms with E-state index in [9.17, 15) is 4.79 Å². The number of ether oxygens (including phenoxy) is 1. The molecule has 2 aromatic carbocycles. The third-order valence-electron chi connectivity index (χ3n) is 5.06. The monoisotopic (exact) mass is 437 g/mol. The third kappa shape index (κ3) is 7.24. The van der Waals surface area contributed by atoms with Gasteiger partial charge in [-0.3, -0.25) is 4.79 Å². The molecule has 5 nitrogen and oxygen atoms in total. The molecule has 1 heterocycles. The lowest BCUT2D eigenvalue weighted by molar-refractivity contribution is -0.118. The average Bonchev–Trinajstić information content (AvgIpc) is 3.13. The Bertz CT molecular complexity index is 909. The van der Waals surface area contributed by atoms with Crippen molar-refractivity contribution in [1.29, 1.82) is 0 Å². The van der Waals surface area contributed by atoms with Gasteiger partial charge in [0, 0.05) is 5.56 Å². The lowest BCUT2D eigenvalue weighted by atomic mass is 10.0. The fraction of sp³-hybridized carbons (Fsp3) is 0.400. The van der Waals surface area contributed by atoms with E-state index in [2.05, 4.69) is 53.6 Å². The molecule has 0 aliphatic carbocycles. The van der Waals surface area contributed by atoms with Crippen LogP contribution in [0.4, 0.5) is 0 Å². The van der Waals surface area contributed by atoms with Crippen LogP contribution < -0.4 is 10.1 Å². The Labute approximate surface area is 189 Å². The zero-order valence-corrected chi connectivity index (χ0v) is 19.2. The first-order valence-corrected chi connectivity index (χ1v) is 12.0. The van der Waals surface area contributed by atoms with Crippen molar-refractivity contribution in [3.63, 3.8) is 0 Å². The second-order valence-corrected chi connectivity index (χ2v) is 8.80. The summed E-state index contributed by atoms with van der Waals surface area (Å²) >= 11 is 1.43. The Balaban J connectivity index is 1.56. The van der Waals surface area contributed by atoms with E-state index in [0.717, 1.165) is 36.1 Å². The molecule has 2 aromatic rings. The van der Waals surface area contributed by atoms with Gasteiger partial charge in [-0.2, -0.15) is 5.10 Å². The summed E-state index contributed by atoms with van der Waals surface area (Å²) in [4.78, 5) is 12.3. The summed E-state index contributed by atoms with van der Waals surface area (Å²) in [5.74, 6) is 0.778. The summed E-state index contributed by atoms with van der Waals surface area (Å²) in [6, 6.07) is 16.3. The van der Waals surface area contributed by atoms with Gasteiger partial charge in [-0.25, -0.2) is 0 Å². The van der Waals surface area contributed by atoms with Gasteiger partial charge in [0.05, 0.1) is 18.1 Å². The smallest absolute Gasteiger partial charge is 0.239 e. The van der Waals surface area contributed by atoms with E-state index in [4.69, 9.17) is 4.74 Å². The van der Waals surface area contributed by atoms with Crippen LogP contribution in [0, 0.1) is 0 Å². The van der Waals surface area contributed by atoms with E-state index in [1.165, 1.54) is 30.2 Å². The lowest BCUT2D eigenvalue weighted by Gasteiger charge is -2.07. The average molecular weight is 438 g/mol. The molecule has 1 aliphatic rings. The SMILES string of the molecule is CCCCOc1ccccc1/C=N/N=C1\NC(=O)C(Cc2ccc(CCCC)cc2)S1. The molecule has 1 fully saturated rings. The van der Waals surface area contributed by atoms with Crippen molar-refractivity contribution in [2.75, 3.05) is 6.61 Å². The van der Waals surface area contributed by atoms with Crippen LogP contribution in [0.1, 0.15) is 56.2 Å². The summed E-state index contributed by atoms with van der Waals surface area (Å²) in [5, 5.41) is 11.6. The van der Waals surface area contributed by atoms with Gasteiger partial charge < -0.3 is 10.1 Å². The highest BCUT2D eigenvalue weighted by Crippen LogP contribution is 2.24. The minimum atomic E-state index is -0.180. The normalized spacial score (nSPS) is 17.4. The minimum Gasteiger partial charge on any atom is -0.493 e. The number of nitrogens with zero attached hydrogens (tertiary/aromatic N) is 2. The second-order valence-electron chi connectivity index (χ2n) is 7.61. The molecule has 0 spiro atoms. The molecule has 1 unspecified atom stereocenters. The molecule has 6 heteroatoms. The molecule has 0 saturated carbocycles. The highest BCUT2D eigenvalue weighted by atomic mass is 32.2. The Kier molecular flexibility index (Phi) is 9.16. The first kappa shape index (κ1) is 23.1. The van der Waals surface area contributed by atoms with Gasteiger partial charge in [0.2, 0.25) is 5.91 Å². The van der Waals surface area contributed by atoms with Crippen LogP contribution in [0.25, 0.3) is 0 Å². The molecule has 0 bridgehead atoms. The van der Waals surface area contributed by atoms with Gasteiger partial charge in [-0.1, -0.05) is 74.8 Å². The molecular formula is C25H31N3O2S. The molecule has 1 aliphatic heterocycles. The van der Waals surface area contributed by atoms with Crippen molar-refractivity contribution >= 4 is 29.1 Å². The minimum absolute atomic E-state index is 0.0164. The van der Waals surface area contributed by atoms with Crippen LogP contribution in [0.15, 0.2) is 58.7 Å². The molecule has 1 atom stereocenters. The molecule has 1 amide bonds. The summed E-state index contributed by atoms with van der Waals surface area (Å²) in [6.45, 7) is 5.02. The standard InChI is InChI=1S/C25H31N3O2S/c1-3-5-9-19-12-14-20(15-13-19)17-23-24(29)27-25(31-23)28-26-18-21-10-7-8-11-22(21)30-16-6-4-2/h7-8,10-15,18,23H,3-6,9,16-17H2,1-2H3,(H,27,28,29)/b26-18+. The largest absolute Gasteiger partial charge is 0.493 e. The number of hydrogen-bond donors (Lipinski definition) is 1. The van der Waals surface area contributed by atoms with Crippen molar-refractivity contribution in [1.82, 2.24) is 5.32 Å². The van der Waals surface area contributed by atoms with Crippen molar-refractivity contribution in [3.05, 3.63) is 65.2 Å². The molecule has 1 N–H and O–H groups in total. The molecule has 0 aromatic heterocycles.